The van der Waals surface area contributed by atoms with E-state index in [1.165, 1.54) is 102 Å². The minimum absolute atomic E-state index is 0. The van der Waals surface area contributed by atoms with Gasteiger partial charge in [-0.2, -0.15) is 4.98 Å². The van der Waals surface area contributed by atoms with E-state index in [4.69, 9.17) is 15.3 Å². The molecule has 0 aliphatic carbocycles. The Morgan fingerprint density at radius 2 is 0.836 bits per heavy atom. The van der Waals surface area contributed by atoms with Crippen LogP contribution < -0.4 is 44.2 Å². The van der Waals surface area contributed by atoms with Crippen molar-refractivity contribution in [3.8, 4) is 22.7 Å². The first-order chi connectivity index (χ1) is 56.8. The van der Waals surface area contributed by atoms with Crippen molar-refractivity contribution in [1.82, 2.24) is 83.3 Å². The van der Waals surface area contributed by atoms with Crippen molar-refractivity contribution in [3.05, 3.63) is 347 Å². The molecule has 122 heavy (non-hydrogen) atoms. The Kier molecular flexibility index (Phi) is 33.5. The summed E-state index contributed by atoms with van der Waals surface area (Å²) in [5, 5.41) is 16.4. The lowest BCUT2D eigenvalue weighted by atomic mass is 10.2. The zero-order valence-corrected chi connectivity index (χ0v) is 66.0. The summed E-state index contributed by atoms with van der Waals surface area (Å²) < 4.78 is 63.6. The van der Waals surface area contributed by atoms with Gasteiger partial charge in [0.15, 0.2) is 34.1 Å². The highest BCUT2D eigenvalue weighted by atomic mass is 79.9. The molecule has 16 aromatic rings. The highest BCUT2D eigenvalue weighted by Crippen LogP contribution is 2.26. The maximum absolute atomic E-state index is 13.5. The van der Waals surface area contributed by atoms with Crippen LogP contribution in [-0.2, 0) is 12.8 Å². The number of nitrogens with two attached hydrogens (primary N) is 1. The summed E-state index contributed by atoms with van der Waals surface area (Å²) in [7, 11) is 3.41. The molecular formula is C89H90BrF4N19O9. The number of carbonyl (C=O) groups excluding carboxylic acids is 1. The SMILES string of the molecule is C.C.C.C.CC(Br)c1nc2ncccc2c(=O)n1-c1ccc(F)cc1.CCc1nc2ncccc2c(=O)n1-c1ccc(F)cc1.CCc1nc2ncccc2c(=O)o1.CNC(C)c1nc2ncccc2c(=O)n1-c1ccc(F)cc1.Cc1cccc(NC(=O)N(C)C(C)c2nc3ncccc3c(=O)n2-c2ccc(F)cc2)c1.Nc1ncccc1C(=O)O. The average Bonchev–Trinajstić information content (AvgIpc) is 0.774. The van der Waals surface area contributed by atoms with Gasteiger partial charge in [0.2, 0.25) is 0 Å². The largest absolute Gasteiger partial charge is 0.478 e. The highest BCUT2D eigenvalue weighted by molar-refractivity contribution is 9.09. The number of nitrogens with one attached hydrogen (secondary N) is 2. The van der Waals surface area contributed by atoms with Crippen LogP contribution in [0.15, 0.2) is 260 Å². The molecule has 16 rings (SSSR count). The molecule has 630 valence electrons. The number of urea groups is 1. The van der Waals surface area contributed by atoms with Crippen LogP contribution in [0.1, 0.15) is 126 Å². The van der Waals surface area contributed by atoms with Crippen LogP contribution in [0.25, 0.3) is 77.9 Å². The number of hydrogen-bond donors (Lipinski definition) is 4. The quantitative estimate of drug-likeness (QED) is 0.0615. The van der Waals surface area contributed by atoms with Crippen LogP contribution >= 0.6 is 15.9 Å². The standard InChI is InChI=1S/C24H22FN5O2.C16H15FN4O.C15H11BrFN3O.C15H12FN3O.C9H8N2O2.C6H6N2O2.4CH4/c1-15-6-4-7-18(14-15)27-24(32)29(3)16(2)22-28-21-20(8-5-13-26-21)23(31)30(22)19-11-9-17(25)10-12-19;1-10(18-2)15-20-14-13(4-3-9-19-14)16(22)21(15)12-7-5-11(17)6-8-12;1-9(16)14-19-13-12(3-2-8-18-13)15(21)20(14)11-6-4-10(17)5-7-11;1-2-13-18-14-12(4-3-9-17-14)15(20)19(13)11-7-5-10(16)6-8-11;1-2-7-11-8-6(9(12)13-7)4-3-5-10-8;7-5-4(6(9)10)2-1-3-8-5;;;;/h4-14,16H,1-3H3,(H,27,32);3-10,18H,1-2H3;2-9H,1H3;3-9H,2H2,1H3;3-5H,2H2,1H3;1-3H,(H2,7,8)(H,9,10);4*1H4. The number of carboxylic acids is 1. The van der Waals surface area contributed by atoms with Crippen LogP contribution in [-0.4, -0.2) is 109 Å². The molecule has 0 aliphatic rings. The first-order valence-corrected chi connectivity index (χ1v) is 37.3. The normalized spacial score (nSPS) is 11.2. The number of nitrogens with zero attached hydrogens (tertiary/aromatic N) is 16. The Morgan fingerprint density at radius 1 is 0.475 bits per heavy atom. The van der Waals surface area contributed by atoms with Crippen molar-refractivity contribution >= 4 is 94.6 Å². The number of rotatable bonds is 13. The number of carbonyl (C=O) groups is 2. The van der Waals surface area contributed by atoms with Crippen molar-refractivity contribution < 1.29 is 36.7 Å². The van der Waals surface area contributed by atoms with Gasteiger partial charge in [-0.15, -0.1) is 0 Å². The second-order valence-electron chi connectivity index (χ2n) is 25.8. The number of fused-ring (bicyclic) bond motifs is 5. The van der Waals surface area contributed by atoms with Crippen molar-refractivity contribution in [2.45, 2.75) is 101 Å². The third kappa shape index (κ3) is 22.2. The number of aryl methyl sites for hydroxylation is 3. The van der Waals surface area contributed by atoms with Crippen molar-refractivity contribution in [2.24, 2.45) is 0 Å². The number of aromatic nitrogens is 15. The summed E-state index contributed by atoms with van der Waals surface area (Å²) in [4.78, 5) is 133. The number of pyridine rings is 6. The molecule has 11 heterocycles. The lowest BCUT2D eigenvalue weighted by molar-refractivity contribution is 0.0697. The zero-order valence-electron chi connectivity index (χ0n) is 64.4. The van der Waals surface area contributed by atoms with Crippen LogP contribution in [0.3, 0.4) is 0 Å². The number of anilines is 2. The lowest BCUT2D eigenvalue weighted by Crippen LogP contribution is -2.37. The molecule has 0 fully saturated rings. The van der Waals surface area contributed by atoms with Crippen LogP contribution in [0, 0.1) is 30.2 Å². The number of alkyl halides is 1. The molecule has 0 saturated heterocycles. The zero-order chi connectivity index (χ0) is 84.4. The van der Waals surface area contributed by atoms with Gasteiger partial charge in [-0.3, -0.25) is 37.4 Å². The summed E-state index contributed by atoms with van der Waals surface area (Å²) in [5.41, 5.74) is 9.80. The Balaban J connectivity index is 0.000000206. The van der Waals surface area contributed by atoms with Gasteiger partial charge in [0.05, 0.1) is 61.2 Å². The van der Waals surface area contributed by atoms with Crippen molar-refractivity contribution in [1.29, 1.82) is 0 Å². The molecule has 0 bridgehead atoms. The van der Waals surface area contributed by atoms with E-state index < -0.39 is 17.8 Å². The number of hydrogen-bond acceptors (Lipinski definition) is 21. The molecule has 2 amide bonds. The van der Waals surface area contributed by atoms with Gasteiger partial charge < -0.3 is 30.8 Å². The molecule has 0 spiro atoms. The Bertz CT molecular complexity index is 6650. The molecule has 5 aromatic carbocycles. The van der Waals surface area contributed by atoms with Gasteiger partial charge in [-0.05, 0) is 222 Å². The molecule has 0 aliphatic heterocycles. The summed E-state index contributed by atoms with van der Waals surface area (Å²) in [6.45, 7) is 11.3. The van der Waals surface area contributed by atoms with E-state index in [1.807, 2.05) is 52.8 Å². The van der Waals surface area contributed by atoms with Gasteiger partial charge in [-0.25, -0.2) is 81.8 Å². The monoisotopic (exact) mass is 1720 g/mol. The van der Waals surface area contributed by atoms with E-state index in [0.29, 0.717) is 120 Å². The number of halogens is 5. The van der Waals surface area contributed by atoms with E-state index in [9.17, 15) is 51.1 Å². The highest BCUT2D eigenvalue weighted by Gasteiger charge is 2.26. The summed E-state index contributed by atoms with van der Waals surface area (Å²) >= 11 is 3.44. The maximum Gasteiger partial charge on any atom is 0.348 e. The second kappa shape index (κ2) is 43.2. The number of aromatic carboxylic acids is 1. The number of nitrogen functional groups attached to an aromatic ring is 1. The predicted octanol–water partition coefficient (Wildman–Crippen LogP) is 16.6. The lowest BCUT2D eigenvalue weighted by Gasteiger charge is -2.27. The van der Waals surface area contributed by atoms with Gasteiger partial charge in [-0.1, -0.05) is 71.6 Å². The molecule has 5 N–H and O–H groups in total. The Morgan fingerprint density at radius 3 is 1.22 bits per heavy atom. The van der Waals surface area contributed by atoms with Gasteiger partial charge in [0.25, 0.3) is 22.2 Å². The van der Waals surface area contributed by atoms with E-state index in [2.05, 4.69) is 81.4 Å². The minimum atomic E-state index is -1.05. The van der Waals surface area contributed by atoms with E-state index in [0.717, 1.165) is 5.56 Å². The summed E-state index contributed by atoms with van der Waals surface area (Å²) in [5.74, 6) is -0.0507. The van der Waals surface area contributed by atoms with E-state index in [-0.39, 0.29) is 109 Å². The number of amides is 2. The minimum Gasteiger partial charge on any atom is -0.478 e. The van der Waals surface area contributed by atoms with Crippen LogP contribution in [0.5, 0.6) is 0 Å². The molecular weight excluding hydrogens is 1630 g/mol. The molecule has 3 unspecified atom stereocenters. The maximum atomic E-state index is 13.5. The van der Waals surface area contributed by atoms with Gasteiger partial charge in [0.1, 0.15) is 63.3 Å². The fraction of sp³-hybridized carbons (Fsp3) is 0.191. The molecule has 28 nitrogen and oxygen atoms in total. The topological polar surface area (TPSA) is 368 Å². The van der Waals surface area contributed by atoms with Crippen LogP contribution in [0.4, 0.5) is 33.9 Å². The van der Waals surface area contributed by atoms with Crippen molar-refractivity contribution in [2.75, 3.05) is 25.1 Å². The molecule has 11 aromatic heterocycles. The van der Waals surface area contributed by atoms with Crippen molar-refractivity contribution in [3.63, 3.8) is 0 Å². The van der Waals surface area contributed by atoms with E-state index in [1.54, 1.807) is 155 Å². The molecule has 0 saturated carbocycles. The molecule has 33 heteroatoms. The molecule has 0 radical (unpaired) electrons. The van der Waals surface area contributed by atoms with Gasteiger partial charge in [0, 0.05) is 62.8 Å². The third-order valence-corrected chi connectivity index (χ3v) is 18.3. The number of benzene rings is 5. The first-order valence-electron chi connectivity index (χ1n) is 36.4. The first kappa shape index (κ1) is 94.5. The number of carboxylic acid groups (broad SMARTS) is 1. The molecule has 3 atom stereocenters. The summed E-state index contributed by atoms with van der Waals surface area (Å²) in [6.07, 6.45) is 10.6. The Labute approximate surface area is 706 Å². The predicted molar refractivity (Wildman–Crippen MR) is 471 cm³/mol. The smallest absolute Gasteiger partial charge is 0.348 e. The van der Waals surface area contributed by atoms with Crippen LogP contribution in [0.2, 0.25) is 0 Å². The second-order valence-corrected chi connectivity index (χ2v) is 27.2. The fourth-order valence-corrected chi connectivity index (χ4v) is 12.0. The fourth-order valence-electron chi connectivity index (χ4n) is 11.7. The Hall–Kier alpha value is -14.6. The van der Waals surface area contributed by atoms with Gasteiger partial charge >= 0.3 is 17.6 Å². The summed E-state index contributed by atoms with van der Waals surface area (Å²) in [6, 6.07) is 48.9. The third-order valence-electron chi connectivity index (χ3n) is 17.9. The average molecular weight is 1730 g/mol. The van der Waals surface area contributed by atoms with E-state index >= 15 is 0 Å².